The Morgan fingerprint density at radius 1 is 0.210 bits per heavy atom. The Hall–Kier alpha value is -8.00. The van der Waals surface area contributed by atoms with Crippen LogP contribution in [0.15, 0.2) is 249 Å². The molecule has 1 nitrogen and oxygen atoms in total. The number of fused-ring (bicyclic) bond motifs is 10. The topological polar surface area (TPSA) is 3.24 Å². The van der Waals surface area contributed by atoms with Crippen molar-refractivity contribution in [3.05, 3.63) is 271 Å². The first-order valence-electron chi connectivity index (χ1n) is 21.5. The van der Waals surface area contributed by atoms with Crippen molar-refractivity contribution in [1.82, 2.24) is 0 Å². The molecule has 0 unspecified atom stereocenters. The summed E-state index contributed by atoms with van der Waals surface area (Å²) in [6.07, 6.45) is 0. The molecular formula is C61H41N. The summed E-state index contributed by atoms with van der Waals surface area (Å²) in [5.74, 6) is 0. The van der Waals surface area contributed by atoms with Crippen molar-refractivity contribution in [3.8, 4) is 66.8 Å². The molecule has 0 saturated heterocycles. The Bertz CT molecular complexity index is 3130. The second-order valence-electron chi connectivity index (χ2n) is 16.4. The van der Waals surface area contributed by atoms with Gasteiger partial charge in [-0.1, -0.05) is 212 Å². The van der Waals surface area contributed by atoms with Crippen LogP contribution in [0.3, 0.4) is 0 Å². The number of anilines is 3. The van der Waals surface area contributed by atoms with Gasteiger partial charge in [0.05, 0.1) is 5.41 Å². The van der Waals surface area contributed by atoms with E-state index >= 15 is 0 Å². The Morgan fingerprint density at radius 2 is 0.548 bits per heavy atom. The van der Waals surface area contributed by atoms with Crippen molar-refractivity contribution >= 4 is 17.1 Å². The van der Waals surface area contributed by atoms with Crippen LogP contribution in [0.1, 0.15) is 22.3 Å². The average molecular weight is 788 g/mol. The molecule has 10 aromatic carbocycles. The minimum Gasteiger partial charge on any atom is -0.311 e. The molecule has 1 spiro atoms. The molecule has 0 aliphatic heterocycles. The largest absolute Gasteiger partial charge is 0.311 e. The highest BCUT2D eigenvalue weighted by Gasteiger charge is 2.52. The van der Waals surface area contributed by atoms with Gasteiger partial charge in [-0.3, -0.25) is 0 Å². The molecule has 2 aliphatic rings. The summed E-state index contributed by atoms with van der Waals surface area (Å²) in [5.41, 5.74) is 23.3. The van der Waals surface area contributed by atoms with E-state index in [2.05, 4.69) is 254 Å². The fourth-order valence-corrected chi connectivity index (χ4v) is 10.4. The molecule has 62 heavy (non-hydrogen) atoms. The first kappa shape index (κ1) is 35.9. The number of hydrogen-bond acceptors (Lipinski definition) is 1. The summed E-state index contributed by atoms with van der Waals surface area (Å²) >= 11 is 0. The lowest BCUT2D eigenvalue weighted by Crippen LogP contribution is -2.25. The standard InChI is InChI=1S/C61H41N/c1-3-16-42(17-4-1)44-30-36-47(37-31-44)62(48-38-32-45(33-39-48)43-18-5-2-6-19-43)49-40-34-46(35-41-49)50-20-7-8-21-51(50)54-25-15-29-59-60(54)55-24-11-14-28-58(55)61(59)56-26-12-9-22-52(56)53-23-10-13-27-57(53)61/h1-41H. The van der Waals surface area contributed by atoms with Crippen molar-refractivity contribution in [2.75, 3.05) is 4.90 Å². The van der Waals surface area contributed by atoms with Gasteiger partial charge in [0.2, 0.25) is 0 Å². The van der Waals surface area contributed by atoms with Crippen molar-refractivity contribution in [2.45, 2.75) is 5.41 Å². The summed E-state index contributed by atoms with van der Waals surface area (Å²) < 4.78 is 0. The zero-order valence-corrected chi connectivity index (χ0v) is 34.1. The minimum absolute atomic E-state index is 0.381. The van der Waals surface area contributed by atoms with Crippen molar-refractivity contribution in [3.63, 3.8) is 0 Å². The van der Waals surface area contributed by atoms with Gasteiger partial charge in [-0.25, -0.2) is 0 Å². The highest BCUT2D eigenvalue weighted by Crippen LogP contribution is 2.64. The van der Waals surface area contributed by atoms with Crippen LogP contribution < -0.4 is 4.90 Å². The lowest BCUT2D eigenvalue weighted by molar-refractivity contribution is 0.794. The molecule has 290 valence electrons. The van der Waals surface area contributed by atoms with Crippen LogP contribution in [0.5, 0.6) is 0 Å². The second-order valence-corrected chi connectivity index (χ2v) is 16.4. The first-order chi connectivity index (χ1) is 30.8. The number of nitrogens with zero attached hydrogens (tertiary/aromatic N) is 1. The predicted molar refractivity (Wildman–Crippen MR) is 259 cm³/mol. The molecule has 0 atom stereocenters. The van der Waals surface area contributed by atoms with Gasteiger partial charge in [0, 0.05) is 17.1 Å². The Morgan fingerprint density at radius 3 is 1.05 bits per heavy atom. The van der Waals surface area contributed by atoms with Crippen LogP contribution in [-0.2, 0) is 5.41 Å². The van der Waals surface area contributed by atoms with Crippen molar-refractivity contribution < 1.29 is 0 Å². The Balaban J connectivity index is 0.969. The van der Waals surface area contributed by atoms with E-state index in [9.17, 15) is 0 Å². The lowest BCUT2D eigenvalue weighted by atomic mass is 9.70. The molecule has 2 aliphatic carbocycles. The monoisotopic (exact) mass is 787 g/mol. The van der Waals surface area contributed by atoms with E-state index in [4.69, 9.17) is 0 Å². The van der Waals surface area contributed by atoms with Gasteiger partial charge in [-0.05, 0) is 125 Å². The van der Waals surface area contributed by atoms with Gasteiger partial charge in [0.25, 0.3) is 0 Å². The number of benzene rings is 10. The molecular weight excluding hydrogens is 747 g/mol. The van der Waals surface area contributed by atoms with Crippen LogP contribution in [0.2, 0.25) is 0 Å². The lowest BCUT2D eigenvalue weighted by Gasteiger charge is -2.30. The Labute approximate surface area is 363 Å². The second kappa shape index (κ2) is 14.6. The average Bonchev–Trinajstić information content (AvgIpc) is 3.83. The zero-order chi connectivity index (χ0) is 41.0. The fraction of sp³-hybridized carbons (Fsp3) is 0.0164. The zero-order valence-electron chi connectivity index (χ0n) is 34.1. The van der Waals surface area contributed by atoms with Crippen LogP contribution in [0, 0.1) is 0 Å². The fourth-order valence-electron chi connectivity index (χ4n) is 10.4. The molecule has 0 radical (unpaired) electrons. The third-order valence-electron chi connectivity index (χ3n) is 13.1. The minimum atomic E-state index is -0.381. The number of rotatable bonds is 7. The predicted octanol–water partition coefficient (Wildman–Crippen LogP) is 16.2. The van der Waals surface area contributed by atoms with Crippen LogP contribution in [0.25, 0.3) is 66.8 Å². The third-order valence-corrected chi connectivity index (χ3v) is 13.1. The SMILES string of the molecule is c1ccc(-c2ccc(N(c3ccc(-c4ccccc4)cc3)c3ccc(-c4ccccc4-c4cccc5c4-c4ccccc4C54c5ccccc5-c5ccccc54)cc3)cc2)cc1. The van der Waals surface area contributed by atoms with Gasteiger partial charge in [0.15, 0.2) is 0 Å². The normalized spacial score (nSPS) is 12.6. The molecule has 1 heteroatoms. The smallest absolute Gasteiger partial charge is 0.0725 e. The maximum absolute atomic E-state index is 2.38. The highest BCUT2D eigenvalue weighted by atomic mass is 15.1. The maximum Gasteiger partial charge on any atom is 0.0725 e. The van der Waals surface area contributed by atoms with Crippen LogP contribution in [-0.4, -0.2) is 0 Å². The molecule has 0 heterocycles. The van der Waals surface area contributed by atoms with Gasteiger partial charge in [-0.2, -0.15) is 0 Å². The van der Waals surface area contributed by atoms with Gasteiger partial charge >= 0.3 is 0 Å². The molecule has 10 aromatic rings. The van der Waals surface area contributed by atoms with E-state index in [0.29, 0.717) is 0 Å². The van der Waals surface area contributed by atoms with E-state index in [1.807, 2.05) is 0 Å². The Kier molecular flexibility index (Phi) is 8.47. The molecule has 12 rings (SSSR count). The van der Waals surface area contributed by atoms with Crippen LogP contribution in [0.4, 0.5) is 17.1 Å². The van der Waals surface area contributed by atoms with E-state index in [0.717, 1.165) is 17.1 Å². The van der Waals surface area contributed by atoms with Crippen molar-refractivity contribution in [1.29, 1.82) is 0 Å². The maximum atomic E-state index is 2.38. The van der Waals surface area contributed by atoms with Gasteiger partial charge < -0.3 is 4.90 Å². The summed E-state index contributed by atoms with van der Waals surface area (Å²) in [6, 6.07) is 91.2. The van der Waals surface area contributed by atoms with E-state index in [1.54, 1.807) is 0 Å². The van der Waals surface area contributed by atoms with Gasteiger partial charge in [0.1, 0.15) is 0 Å². The summed E-state index contributed by atoms with van der Waals surface area (Å²) in [6.45, 7) is 0. The molecule has 0 fully saturated rings. The first-order valence-corrected chi connectivity index (χ1v) is 21.5. The molecule has 0 saturated carbocycles. The summed E-state index contributed by atoms with van der Waals surface area (Å²) in [7, 11) is 0. The van der Waals surface area contributed by atoms with Crippen LogP contribution >= 0.6 is 0 Å². The molecule has 0 bridgehead atoms. The number of hydrogen-bond donors (Lipinski definition) is 0. The van der Waals surface area contributed by atoms with E-state index in [-0.39, 0.29) is 5.41 Å². The van der Waals surface area contributed by atoms with Gasteiger partial charge in [-0.15, -0.1) is 0 Å². The summed E-state index contributed by atoms with van der Waals surface area (Å²) in [4.78, 5) is 2.36. The quantitative estimate of drug-likeness (QED) is 0.155. The molecule has 0 amide bonds. The van der Waals surface area contributed by atoms with E-state index in [1.165, 1.54) is 89.0 Å². The molecule has 0 N–H and O–H groups in total. The van der Waals surface area contributed by atoms with Crippen molar-refractivity contribution in [2.24, 2.45) is 0 Å². The summed E-state index contributed by atoms with van der Waals surface area (Å²) in [5, 5.41) is 0. The molecule has 0 aromatic heterocycles. The highest BCUT2D eigenvalue weighted by molar-refractivity contribution is 6.02. The third kappa shape index (κ3) is 5.56. The van der Waals surface area contributed by atoms with E-state index < -0.39 is 0 Å².